The van der Waals surface area contributed by atoms with Crippen molar-refractivity contribution in [2.45, 2.75) is 72.3 Å². The summed E-state index contributed by atoms with van der Waals surface area (Å²) < 4.78 is 0. The molecule has 1 aliphatic rings. The van der Waals surface area contributed by atoms with Gasteiger partial charge in [-0.1, -0.05) is 13.8 Å². The first-order valence-corrected chi connectivity index (χ1v) is 11.4. The van der Waals surface area contributed by atoms with E-state index in [0.717, 1.165) is 11.7 Å². The zero-order valence-corrected chi connectivity index (χ0v) is 18.4. The predicted molar refractivity (Wildman–Crippen MR) is 114 cm³/mol. The molecular formula is C21H30N2O2S2. The van der Waals surface area contributed by atoms with Crippen molar-refractivity contribution < 1.29 is 9.90 Å². The molecule has 0 bridgehead atoms. The molecule has 0 unspecified atom stereocenters. The average Bonchev–Trinajstić information content (AvgIpc) is 3.17. The van der Waals surface area contributed by atoms with Crippen LogP contribution in [0.3, 0.4) is 0 Å². The summed E-state index contributed by atoms with van der Waals surface area (Å²) in [6.07, 6.45) is 5.05. The molecule has 1 saturated carbocycles. The summed E-state index contributed by atoms with van der Waals surface area (Å²) in [7, 11) is 0. The van der Waals surface area contributed by atoms with E-state index in [1.54, 1.807) is 22.7 Å². The van der Waals surface area contributed by atoms with Gasteiger partial charge in [-0.3, -0.25) is 4.79 Å². The number of carbonyl (C=O) groups is 1. The number of anilines is 1. The molecule has 0 aliphatic heterocycles. The normalized spacial score (nSPS) is 17.2. The van der Waals surface area contributed by atoms with Crippen molar-refractivity contribution in [3.63, 3.8) is 0 Å². The molecule has 6 heteroatoms. The molecule has 0 amide bonds. The maximum atomic E-state index is 11.1. The van der Waals surface area contributed by atoms with Gasteiger partial charge in [-0.2, -0.15) is 0 Å². The zero-order chi connectivity index (χ0) is 19.6. The molecular weight excluding hydrogens is 376 g/mol. The molecule has 1 N–H and O–H groups in total. The highest BCUT2D eigenvalue weighted by molar-refractivity contribution is 7.15. The summed E-state index contributed by atoms with van der Waals surface area (Å²) in [5.74, 6) is -0.210. The Morgan fingerprint density at radius 2 is 1.96 bits per heavy atom. The lowest BCUT2D eigenvalue weighted by atomic mass is 9.72. The van der Waals surface area contributed by atoms with Gasteiger partial charge in [0.05, 0.1) is 18.7 Å². The Bertz CT molecular complexity index is 784. The minimum Gasteiger partial charge on any atom is -0.481 e. The number of carboxylic acids is 1. The van der Waals surface area contributed by atoms with E-state index in [-0.39, 0.29) is 6.42 Å². The summed E-state index contributed by atoms with van der Waals surface area (Å²) in [4.78, 5) is 22.1. The third kappa shape index (κ3) is 5.32. The van der Waals surface area contributed by atoms with Crippen LogP contribution in [0, 0.1) is 19.3 Å². The van der Waals surface area contributed by atoms with Gasteiger partial charge in [-0.25, -0.2) is 4.98 Å². The van der Waals surface area contributed by atoms with Crippen LogP contribution >= 0.6 is 22.7 Å². The van der Waals surface area contributed by atoms with Crippen molar-refractivity contribution in [1.29, 1.82) is 0 Å². The molecule has 1 fully saturated rings. The molecule has 0 spiro atoms. The van der Waals surface area contributed by atoms with Crippen LogP contribution < -0.4 is 4.90 Å². The van der Waals surface area contributed by atoms with Crippen LogP contribution in [0.5, 0.6) is 0 Å². The largest absolute Gasteiger partial charge is 0.481 e. The van der Waals surface area contributed by atoms with Crippen LogP contribution in [0.25, 0.3) is 0 Å². The highest BCUT2D eigenvalue weighted by Gasteiger charge is 2.30. The fourth-order valence-corrected chi connectivity index (χ4v) is 5.74. The Balaban J connectivity index is 1.78. The molecule has 27 heavy (non-hydrogen) atoms. The second kappa shape index (κ2) is 8.31. The van der Waals surface area contributed by atoms with Gasteiger partial charge < -0.3 is 10.0 Å². The van der Waals surface area contributed by atoms with E-state index in [9.17, 15) is 4.79 Å². The van der Waals surface area contributed by atoms with Gasteiger partial charge in [0.2, 0.25) is 0 Å². The first kappa shape index (κ1) is 20.3. The molecule has 0 aromatic carbocycles. The number of aromatic nitrogens is 1. The Hall–Kier alpha value is -1.40. The van der Waals surface area contributed by atoms with Crippen molar-refractivity contribution in [2.24, 2.45) is 5.41 Å². The van der Waals surface area contributed by atoms with Crippen molar-refractivity contribution in [2.75, 3.05) is 11.4 Å². The van der Waals surface area contributed by atoms with Crippen LogP contribution in [0.1, 0.15) is 72.2 Å². The Labute approximate surface area is 170 Å². The summed E-state index contributed by atoms with van der Waals surface area (Å²) in [5.41, 5.74) is 1.70. The van der Waals surface area contributed by atoms with Crippen molar-refractivity contribution in [3.8, 4) is 0 Å². The molecule has 3 rings (SSSR count). The highest BCUT2D eigenvalue weighted by Crippen LogP contribution is 2.44. The quantitative estimate of drug-likeness (QED) is 0.614. The molecule has 2 aromatic rings. The second-order valence-corrected chi connectivity index (χ2v) is 11.0. The van der Waals surface area contributed by atoms with Crippen LogP contribution in [0.2, 0.25) is 0 Å². The van der Waals surface area contributed by atoms with Crippen molar-refractivity contribution in [1.82, 2.24) is 4.98 Å². The van der Waals surface area contributed by atoms with Crippen molar-refractivity contribution >= 4 is 33.8 Å². The molecule has 0 radical (unpaired) electrons. The topological polar surface area (TPSA) is 53.4 Å². The van der Waals surface area contributed by atoms with Gasteiger partial charge in [-0.15, -0.1) is 22.7 Å². The summed E-state index contributed by atoms with van der Waals surface area (Å²) in [6.45, 7) is 10.2. The number of hydrogen-bond acceptors (Lipinski definition) is 5. The number of aliphatic carboxylic acids is 1. The molecule has 0 saturated heterocycles. The molecule has 4 nitrogen and oxygen atoms in total. The van der Waals surface area contributed by atoms with Gasteiger partial charge in [0.15, 0.2) is 5.13 Å². The SMILES string of the molecule is Cc1ccc(CN(CCC(=O)O)c2nc(C3CCC(C)(C)CC3)c(C)s2)s1. The lowest BCUT2D eigenvalue weighted by molar-refractivity contribution is -0.136. The maximum absolute atomic E-state index is 11.1. The number of rotatable bonds is 7. The molecule has 2 heterocycles. The van der Waals surface area contributed by atoms with E-state index < -0.39 is 5.97 Å². The standard InChI is InChI=1S/C21H30N2O2S2/c1-14-5-6-17(26-14)13-23(12-9-18(24)25)20-22-19(15(2)27-20)16-7-10-21(3,4)11-8-16/h5-6,16H,7-13H2,1-4H3,(H,24,25). The van der Waals surface area contributed by atoms with Crippen LogP contribution in [0.15, 0.2) is 12.1 Å². The van der Waals surface area contributed by atoms with E-state index >= 15 is 0 Å². The number of thiazole rings is 1. The Morgan fingerprint density at radius 3 is 2.56 bits per heavy atom. The van der Waals surface area contributed by atoms with Gasteiger partial charge in [0.25, 0.3) is 0 Å². The molecule has 148 valence electrons. The highest BCUT2D eigenvalue weighted by atomic mass is 32.1. The third-order valence-corrected chi connectivity index (χ3v) is 7.59. The van der Waals surface area contributed by atoms with Gasteiger partial charge in [0.1, 0.15) is 0 Å². The fraction of sp³-hybridized carbons (Fsp3) is 0.619. The smallest absolute Gasteiger partial charge is 0.305 e. The van der Waals surface area contributed by atoms with E-state index in [0.29, 0.717) is 17.9 Å². The number of hydrogen-bond donors (Lipinski definition) is 1. The number of thiophene rings is 1. The maximum Gasteiger partial charge on any atom is 0.305 e. The van der Waals surface area contributed by atoms with E-state index in [2.05, 4.69) is 44.7 Å². The van der Waals surface area contributed by atoms with E-state index in [1.165, 1.54) is 46.0 Å². The van der Waals surface area contributed by atoms with Crippen LogP contribution in [-0.4, -0.2) is 22.6 Å². The lowest BCUT2D eigenvalue weighted by Gasteiger charge is -2.33. The van der Waals surface area contributed by atoms with Gasteiger partial charge >= 0.3 is 5.97 Å². The second-order valence-electron chi connectivity index (χ2n) is 8.45. The Kier molecular flexibility index (Phi) is 6.26. The van der Waals surface area contributed by atoms with E-state index in [1.807, 2.05) is 0 Å². The minimum atomic E-state index is -0.759. The number of aryl methyl sites for hydroxylation is 2. The number of nitrogens with zero attached hydrogens (tertiary/aromatic N) is 2. The molecule has 0 atom stereocenters. The predicted octanol–water partition coefficient (Wildman–Crippen LogP) is 5.99. The zero-order valence-electron chi connectivity index (χ0n) is 16.7. The van der Waals surface area contributed by atoms with Crippen molar-refractivity contribution in [3.05, 3.63) is 32.5 Å². The molecule has 1 aliphatic carbocycles. The van der Waals surface area contributed by atoms with Gasteiger partial charge in [-0.05, 0) is 57.1 Å². The third-order valence-electron chi connectivity index (χ3n) is 5.56. The summed E-state index contributed by atoms with van der Waals surface area (Å²) in [5, 5.41) is 10.1. The lowest BCUT2D eigenvalue weighted by Crippen LogP contribution is -2.25. The fourth-order valence-electron chi connectivity index (χ4n) is 3.81. The first-order valence-electron chi connectivity index (χ1n) is 9.73. The van der Waals surface area contributed by atoms with Crippen LogP contribution in [0.4, 0.5) is 5.13 Å². The van der Waals surface area contributed by atoms with Crippen LogP contribution in [-0.2, 0) is 11.3 Å². The first-order chi connectivity index (χ1) is 12.7. The van der Waals surface area contributed by atoms with Gasteiger partial charge in [0, 0.05) is 27.1 Å². The Morgan fingerprint density at radius 1 is 1.26 bits per heavy atom. The summed E-state index contributed by atoms with van der Waals surface area (Å²) in [6, 6.07) is 4.26. The minimum absolute atomic E-state index is 0.135. The average molecular weight is 407 g/mol. The molecule has 2 aromatic heterocycles. The number of carboxylic acid groups (broad SMARTS) is 1. The van der Waals surface area contributed by atoms with E-state index in [4.69, 9.17) is 10.1 Å². The summed E-state index contributed by atoms with van der Waals surface area (Å²) >= 11 is 3.49. The monoisotopic (exact) mass is 406 g/mol.